The van der Waals surface area contributed by atoms with Gasteiger partial charge < -0.3 is 5.11 Å². The van der Waals surface area contributed by atoms with Crippen LogP contribution in [0.5, 0.6) is 0 Å². The normalized spacial score (nSPS) is 49.2. The van der Waals surface area contributed by atoms with Gasteiger partial charge in [-0.25, -0.2) is 0 Å². The standard InChI is InChI=1S/2C20H30O.CH4.I2/c2*1-13-8-10-19(2)14(12-13)4-5-15-16-6-7-18(21)20(16,3)11-9-17(15)19;;1-2/h4,13,15-17H,5-12H2,1-3H3;4,7,13,15-17,21H,5-6,8-12H2,1-3H3;1H4;/t2*13-,15?,16?,17?,19-,20-;;/m00../s1. The topological polar surface area (TPSA) is 37.3 Å². The molecule has 0 saturated heterocycles. The highest BCUT2D eigenvalue weighted by Gasteiger charge is 2.59. The second-order valence-electron chi connectivity index (χ2n) is 17.9. The van der Waals surface area contributed by atoms with Crippen LogP contribution in [-0.4, -0.2) is 10.9 Å². The molecule has 0 radical (unpaired) electrons. The minimum Gasteiger partial charge on any atom is -0.512 e. The Bertz CT molecular complexity index is 1210. The highest BCUT2D eigenvalue weighted by molar-refractivity contribution is 15.0. The monoisotopic (exact) mass is 842 g/mol. The summed E-state index contributed by atoms with van der Waals surface area (Å²) in [6, 6.07) is 0. The molecule has 254 valence electrons. The summed E-state index contributed by atoms with van der Waals surface area (Å²) in [5.41, 5.74) is 4.60. The predicted octanol–water partition coefficient (Wildman–Crippen LogP) is 13.2. The van der Waals surface area contributed by atoms with E-state index in [-0.39, 0.29) is 18.3 Å². The summed E-state index contributed by atoms with van der Waals surface area (Å²) in [6.07, 6.45) is 26.2. The van der Waals surface area contributed by atoms with Gasteiger partial charge in [-0.1, -0.05) is 72.3 Å². The fourth-order valence-corrected chi connectivity index (χ4v) is 13.0. The summed E-state index contributed by atoms with van der Waals surface area (Å²) >= 11 is 4.24. The highest BCUT2D eigenvalue weighted by atomic mass is 128. The number of aliphatic hydroxyl groups is 1. The summed E-state index contributed by atoms with van der Waals surface area (Å²) in [7, 11) is 0. The predicted molar refractivity (Wildman–Crippen MR) is 208 cm³/mol. The molecule has 2 nitrogen and oxygen atoms in total. The Morgan fingerprint density at radius 2 is 1.07 bits per heavy atom. The van der Waals surface area contributed by atoms with Crippen LogP contribution >= 0.6 is 37.2 Å². The van der Waals surface area contributed by atoms with Crippen LogP contribution in [0, 0.1) is 69.0 Å². The molecule has 8 aliphatic rings. The third-order valence-corrected chi connectivity index (χ3v) is 15.9. The SMILES string of the molecule is C.C[C@H]1CC[C@@]2(C)C(=CCC3C2CC[C@]2(C)C(=O)CCC32)C1.C[C@H]1CC[C@@]2(C)C(=CCC3C2CC[C@]2(C)C(O)=CCC32)C1.II. The Hall–Kier alpha value is 0.150. The number of halogens is 2. The maximum atomic E-state index is 12.4. The molecule has 6 unspecified atom stereocenters. The van der Waals surface area contributed by atoms with Crippen molar-refractivity contribution in [3.8, 4) is 0 Å². The van der Waals surface area contributed by atoms with Gasteiger partial charge in [0.25, 0.3) is 0 Å². The van der Waals surface area contributed by atoms with Crippen LogP contribution in [0.2, 0.25) is 0 Å². The number of hydrogen-bond donors (Lipinski definition) is 1. The third-order valence-electron chi connectivity index (χ3n) is 15.9. The average Bonchev–Trinajstić information content (AvgIpc) is 3.49. The van der Waals surface area contributed by atoms with Gasteiger partial charge in [0.15, 0.2) is 0 Å². The van der Waals surface area contributed by atoms with Crippen molar-refractivity contribution in [2.45, 2.75) is 145 Å². The van der Waals surface area contributed by atoms with E-state index in [9.17, 15) is 9.90 Å². The molecule has 12 atom stereocenters. The van der Waals surface area contributed by atoms with E-state index in [4.69, 9.17) is 0 Å². The summed E-state index contributed by atoms with van der Waals surface area (Å²) < 4.78 is 0. The van der Waals surface area contributed by atoms with Gasteiger partial charge in [0.1, 0.15) is 5.78 Å². The van der Waals surface area contributed by atoms with Gasteiger partial charge in [-0.3, -0.25) is 4.79 Å². The number of rotatable bonds is 0. The molecule has 0 aromatic rings. The van der Waals surface area contributed by atoms with Gasteiger partial charge in [0, 0.05) is 54.5 Å². The summed E-state index contributed by atoms with van der Waals surface area (Å²) in [5, 5.41) is 10.4. The lowest BCUT2D eigenvalue weighted by Gasteiger charge is -2.57. The van der Waals surface area contributed by atoms with Crippen LogP contribution in [-0.2, 0) is 4.79 Å². The van der Waals surface area contributed by atoms with Crippen LogP contribution in [0.4, 0.5) is 0 Å². The molecule has 0 aromatic heterocycles. The molecule has 0 heterocycles. The Morgan fingerprint density at radius 1 is 0.622 bits per heavy atom. The van der Waals surface area contributed by atoms with Crippen LogP contribution < -0.4 is 0 Å². The van der Waals surface area contributed by atoms with E-state index in [1.165, 1.54) is 77.0 Å². The van der Waals surface area contributed by atoms with E-state index in [1.807, 2.05) is 0 Å². The maximum absolute atomic E-state index is 12.4. The van der Waals surface area contributed by atoms with Crippen molar-refractivity contribution in [1.29, 1.82) is 0 Å². The minimum atomic E-state index is 0. The molecule has 5 fully saturated rings. The zero-order valence-corrected chi connectivity index (χ0v) is 32.9. The molecule has 8 aliphatic carbocycles. The zero-order valence-electron chi connectivity index (χ0n) is 28.6. The molecule has 5 saturated carbocycles. The second kappa shape index (κ2) is 13.5. The lowest BCUT2D eigenvalue weighted by Crippen LogP contribution is -2.50. The molecule has 0 aromatic carbocycles. The van der Waals surface area contributed by atoms with E-state index in [1.54, 1.807) is 11.1 Å². The van der Waals surface area contributed by atoms with Gasteiger partial charge in [-0.15, -0.1) is 0 Å². The van der Waals surface area contributed by atoms with E-state index >= 15 is 0 Å². The van der Waals surface area contributed by atoms with Crippen molar-refractivity contribution in [2.24, 2.45) is 69.0 Å². The first-order valence-electron chi connectivity index (χ1n) is 18.4. The number of Topliss-reactive ketones (excluding diaryl/α,β-unsaturated/α-hetero) is 1. The third kappa shape index (κ3) is 5.81. The van der Waals surface area contributed by atoms with Crippen molar-refractivity contribution in [1.82, 2.24) is 0 Å². The summed E-state index contributed by atoms with van der Waals surface area (Å²) in [5.74, 6) is 7.70. The number of allylic oxidation sites excluding steroid dienone is 6. The molecule has 1 N–H and O–H groups in total. The van der Waals surface area contributed by atoms with Crippen LogP contribution in [0.15, 0.2) is 35.1 Å². The summed E-state index contributed by atoms with van der Waals surface area (Å²) in [4.78, 5) is 12.4. The Labute approximate surface area is 300 Å². The summed E-state index contributed by atoms with van der Waals surface area (Å²) in [6.45, 7) is 14.6. The molecule has 8 rings (SSSR count). The van der Waals surface area contributed by atoms with Gasteiger partial charge in [-0.05, 0) is 154 Å². The molecule has 0 bridgehead atoms. The van der Waals surface area contributed by atoms with Gasteiger partial charge in [0.2, 0.25) is 0 Å². The Kier molecular flexibility index (Phi) is 10.9. The Morgan fingerprint density at radius 3 is 1.60 bits per heavy atom. The first kappa shape index (κ1) is 36.4. The number of carbonyl (C=O) groups is 1. The van der Waals surface area contributed by atoms with Crippen LogP contribution in [0.3, 0.4) is 0 Å². The van der Waals surface area contributed by atoms with E-state index in [2.05, 4.69) is 97.0 Å². The molecule has 45 heavy (non-hydrogen) atoms. The van der Waals surface area contributed by atoms with Gasteiger partial charge in [-0.2, -0.15) is 0 Å². The molecule has 0 spiro atoms. The molecule has 4 heteroatoms. The Balaban J connectivity index is 0.000000165. The number of ketones is 1. The first-order chi connectivity index (χ1) is 20.9. The molecule has 0 aliphatic heterocycles. The average molecular weight is 843 g/mol. The van der Waals surface area contributed by atoms with Gasteiger partial charge in [0.05, 0.1) is 5.76 Å². The number of hydrogen-bond acceptors (Lipinski definition) is 2. The molecular formula is C41H64I2O2. The quantitative estimate of drug-likeness (QED) is 0.195. The molecular weight excluding hydrogens is 778 g/mol. The van der Waals surface area contributed by atoms with Crippen LogP contribution in [0.1, 0.15) is 145 Å². The van der Waals surface area contributed by atoms with Crippen LogP contribution in [0.25, 0.3) is 0 Å². The highest BCUT2D eigenvalue weighted by Crippen LogP contribution is 2.66. The number of aliphatic hydroxyl groups excluding tert-OH is 1. The van der Waals surface area contributed by atoms with E-state index in [0.717, 1.165) is 54.8 Å². The lowest BCUT2D eigenvalue weighted by molar-refractivity contribution is -0.131. The minimum absolute atomic E-state index is 0. The molecule has 0 amide bonds. The van der Waals surface area contributed by atoms with E-state index < -0.39 is 0 Å². The lowest BCUT2D eigenvalue weighted by atomic mass is 9.47. The first-order valence-corrected chi connectivity index (χ1v) is 24.6. The fraction of sp³-hybridized carbons (Fsp3) is 0.829. The fourth-order valence-electron chi connectivity index (χ4n) is 13.0. The maximum Gasteiger partial charge on any atom is 0.139 e. The van der Waals surface area contributed by atoms with Crippen molar-refractivity contribution >= 4 is 43.0 Å². The number of fused-ring (bicyclic) bond motifs is 10. The number of carbonyl (C=O) groups excluding carboxylic acids is 1. The zero-order chi connectivity index (χ0) is 31.7. The van der Waals surface area contributed by atoms with E-state index in [0.29, 0.717) is 34.2 Å². The van der Waals surface area contributed by atoms with Crippen molar-refractivity contribution in [3.63, 3.8) is 0 Å². The second-order valence-corrected chi connectivity index (χ2v) is 17.9. The van der Waals surface area contributed by atoms with Crippen molar-refractivity contribution in [2.75, 3.05) is 0 Å². The van der Waals surface area contributed by atoms with Gasteiger partial charge >= 0.3 is 0 Å². The van der Waals surface area contributed by atoms with Crippen molar-refractivity contribution in [3.05, 3.63) is 35.1 Å². The van der Waals surface area contributed by atoms with Crippen molar-refractivity contribution < 1.29 is 9.90 Å². The smallest absolute Gasteiger partial charge is 0.139 e. The largest absolute Gasteiger partial charge is 0.512 e.